The fraction of sp³-hybridized carbons (Fsp3) is 0.391. The van der Waals surface area contributed by atoms with Crippen LogP contribution in [0.4, 0.5) is 10.1 Å². The van der Waals surface area contributed by atoms with Crippen molar-refractivity contribution < 1.29 is 13.9 Å². The Labute approximate surface area is 205 Å². The van der Waals surface area contributed by atoms with E-state index in [1.54, 1.807) is 0 Å². The van der Waals surface area contributed by atoms with Crippen molar-refractivity contribution in [2.45, 2.75) is 20.0 Å². The van der Waals surface area contributed by atoms with Crippen LogP contribution in [0.1, 0.15) is 18.1 Å². The van der Waals surface area contributed by atoms with Gasteiger partial charge in [-0.1, -0.05) is 24.3 Å². The van der Waals surface area contributed by atoms with E-state index in [2.05, 4.69) is 38.0 Å². The number of guanidine groups is 1. The molecule has 174 valence electrons. The molecule has 0 unspecified atom stereocenters. The van der Waals surface area contributed by atoms with Gasteiger partial charge in [0, 0.05) is 31.9 Å². The van der Waals surface area contributed by atoms with Gasteiger partial charge in [0.05, 0.1) is 26.3 Å². The van der Waals surface area contributed by atoms with E-state index in [9.17, 15) is 9.18 Å². The Morgan fingerprint density at radius 2 is 1.75 bits per heavy atom. The summed E-state index contributed by atoms with van der Waals surface area (Å²) in [5, 5.41) is 8.94. The predicted molar refractivity (Wildman–Crippen MR) is 136 cm³/mol. The zero-order valence-corrected chi connectivity index (χ0v) is 20.6. The van der Waals surface area contributed by atoms with Gasteiger partial charge >= 0.3 is 0 Å². The average molecular weight is 555 g/mol. The van der Waals surface area contributed by atoms with Crippen molar-refractivity contribution in [3.8, 4) is 0 Å². The molecular weight excluding hydrogens is 524 g/mol. The standard InChI is InChI=1S/C23H30FN5O2.HI/c1-2-25-23(27-16-22(30)28-21-9-7-20(24)8-10-21)26-15-18-5-3-4-6-19(18)17-29-11-13-31-14-12-29;/h3-10H,2,11-17H2,1H3,(H,28,30)(H2,25,26,27);1H. The van der Waals surface area contributed by atoms with Crippen LogP contribution in [0.5, 0.6) is 0 Å². The van der Waals surface area contributed by atoms with Gasteiger partial charge in [-0.15, -0.1) is 24.0 Å². The molecule has 32 heavy (non-hydrogen) atoms. The van der Waals surface area contributed by atoms with E-state index in [0.717, 1.165) is 38.4 Å². The van der Waals surface area contributed by atoms with Crippen molar-refractivity contribution >= 4 is 41.5 Å². The summed E-state index contributed by atoms with van der Waals surface area (Å²) in [6.07, 6.45) is 0. The van der Waals surface area contributed by atoms with Crippen LogP contribution in [0.3, 0.4) is 0 Å². The van der Waals surface area contributed by atoms with Gasteiger partial charge in [0.15, 0.2) is 5.96 Å². The Morgan fingerprint density at radius 3 is 2.44 bits per heavy atom. The second-order valence-corrected chi connectivity index (χ2v) is 7.26. The van der Waals surface area contributed by atoms with Crippen LogP contribution >= 0.6 is 24.0 Å². The van der Waals surface area contributed by atoms with Crippen molar-refractivity contribution in [3.63, 3.8) is 0 Å². The summed E-state index contributed by atoms with van der Waals surface area (Å²) in [6.45, 7) is 7.51. The number of carbonyl (C=O) groups is 1. The fourth-order valence-electron chi connectivity index (χ4n) is 3.27. The molecule has 1 saturated heterocycles. The molecule has 3 N–H and O–H groups in total. The van der Waals surface area contributed by atoms with E-state index in [1.807, 2.05) is 19.1 Å². The highest BCUT2D eigenvalue weighted by molar-refractivity contribution is 14.0. The lowest BCUT2D eigenvalue weighted by Crippen LogP contribution is -2.41. The summed E-state index contributed by atoms with van der Waals surface area (Å²) in [6, 6.07) is 14.0. The number of benzene rings is 2. The molecule has 0 spiro atoms. The number of nitrogens with zero attached hydrogens (tertiary/aromatic N) is 2. The molecule has 1 aliphatic rings. The van der Waals surface area contributed by atoms with Crippen LogP contribution in [0.2, 0.25) is 0 Å². The van der Waals surface area contributed by atoms with Gasteiger partial charge in [0.2, 0.25) is 5.91 Å². The van der Waals surface area contributed by atoms with Crippen molar-refractivity contribution in [3.05, 3.63) is 65.5 Å². The molecule has 0 bridgehead atoms. The molecule has 0 aliphatic carbocycles. The Kier molecular flexibility index (Phi) is 11.4. The molecule has 0 radical (unpaired) electrons. The number of amides is 1. The molecule has 0 aromatic heterocycles. The molecule has 0 atom stereocenters. The molecule has 9 heteroatoms. The van der Waals surface area contributed by atoms with E-state index in [-0.39, 0.29) is 42.2 Å². The van der Waals surface area contributed by atoms with Gasteiger partial charge in [-0.25, -0.2) is 9.38 Å². The number of morpholine rings is 1. The lowest BCUT2D eigenvalue weighted by atomic mass is 10.1. The molecular formula is C23H31FIN5O2. The molecule has 1 heterocycles. The third kappa shape index (κ3) is 8.71. The van der Waals surface area contributed by atoms with Crippen molar-refractivity contribution in [2.75, 3.05) is 44.7 Å². The molecule has 7 nitrogen and oxygen atoms in total. The van der Waals surface area contributed by atoms with E-state index in [1.165, 1.54) is 29.8 Å². The van der Waals surface area contributed by atoms with E-state index in [0.29, 0.717) is 24.7 Å². The minimum atomic E-state index is -0.341. The zero-order chi connectivity index (χ0) is 21.9. The first kappa shape index (κ1) is 26.0. The maximum Gasteiger partial charge on any atom is 0.243 e. The van der Waals surface area contributed by atoms with Crippen LogP contribution in [0.25, 0.3) is 0 Å². The fourth-order valence-corrected chi connectivity index (χ4v) is 3.27. The second-order valence-electron chi connectivity index (χ2n) is 7.26. The number of halogens is 2. The summed E-state index contributed by atoms with van der Waals surface area (Å²) in [4.78, 5) is 19.2. The van der Waals surface area contributed by atoms with Crippen molar-refractivity contribution in [1.29, 1.82) is 0 Å². The number of ether oxygens (including phenoxy) is 1. The van der Waals surface area contributed by atoms with Crippen LogP contribution in [-0.2, 0) is 22.6 Å². The Bertz CT molecular complexity index is 873. The van der Waals surface area contributed by atoms with Crippen LogP contribution in [-0.4, -0.2) is 56.2 Å². The number of rotatable bonds is 8. The minimum absolute atomic E-state index is 0. The summed E-state index contributed by atoms with van der Waals surface area (Å²) in [5.74, 6) is -0.00514. The second kappa shape index (κ2) is 14.0. The molecule has 3 rings (SSSR count). The van der Waals surface area contributed by atoms with Gasteiger partial charge in [0.1, 0.15) is 5.82 Å². The van der Waals surface area contributed by atoms with E-state index < -0.39 is 0 Å². The van der Waals surface area contributed by atoms with Crippen molar-refractivity contribution in [1.82, 2.24) is 15.5 Å². The Hall–Kier alpha value is -2.24. The molecule has 1 fully saturated rings. The summed E-state index contributed by atoms with van der Waals surface area (Å²) in [5.41, 5.74) is 2.95. The largest absolute Gasteiger partial charge is 0.379 e. The van der Waals surface area contributed by atoms with Crippen LogP contribution < -0.4 is 16.0 Å². The van der Waals surface area contributed by atoms with Gasteiger partial charge in [-0.05, 0) is 42.3 Å². The molecule has 1 amide bonds. The maximum absolute atomic E-state index is 13.0. The number of carbonyl (C=O) groups excluding carboxylic acids is 1. The van der Waals surface area contributed by atoms with Crippen molar-refractivity contribution in [2.24, 2.45) is 4.99 Å². The van der Waals surface area contributed by atoms with Gasteiger partial charge in [-0.3, -0.25) is 9.69 Å². The minimum Gasteiger partial charge on any atom is -0.379 e. The molecule has 2 aromatic carbocycles. The zero-order valence-electron chi connectivity index (χ0n) is 18.3. The predicted octanol–water partition coefficient (Wildman–Crippen LogP) is 2.97. The first-order chi connectivity index (χ1) is 15.1. The number of anilines is 1. The number of hydrogen-bond acceptors (Lipinski definition) is 4. The molecule has 1 aliphatic heterocycles. The van der Waals surface area contributed by atoms with Crippen LogP contribution in [0, 0.1) is 5.82 Å². The summed E-state index contributed by atoms with van der Waals surface area (Å²) in [7, 11) is 0. The normalized spacial score (nSPS) is 14.4. The van der Waals surface area contributed by atoms with Gasteiger partial charge < -0.3 is 20.7 Å². The SMILES string of the molecule is CCNC(=NCc1ccccc1CN1CCOCC1)NCC(=O)Nc1ccc(F)cc1.I. The maximum atomic E-state index is 13.0. The number of aliphatic imine (C=N–C) groups is 1. The highest BCUT2D eigenvalue weighted by Gasteiger charge is 2.12. The summed E-state index contributed by atoms with van der Waals surface area (Å²) >= 11 is 0. The Morgan fingerprint density at radius 1 is 1.06 bits per heavy atom. The van der Waals surface area contributed by atoms with E-state index in [4.69, 9.17) is 4.74 Å². The lowest BCUT2D eigenvalue weighted by molar-refractivity contribution is -0.115. The van der Waals surface area contributed by atoms with Gasteiger partial charge in [0.25, 0.3) is 0 Å². The third-order valence-corrected chi connectivity index (χ3v) is 4.91. The molecule has 0 saturated carbocycles. The first-order valence-corrected chi connectivity index (χ1v) is 10.6. The lowest BCUT2D eigenvalue weighted by Gasteiger charge is -2.27. The highest BCUT2D eigenvalue weighted by atomic mass is 127. The topological polar surface area (TPSA) is 78.0 Å². The number of hydrogen-bond donors (Lipinski definition) is 3. The quantitative estimate of drug-likeness (QED) is 0.265. The monoisotopic (exact) mass is 555 g/mol. The average Bonchev–Trinajstić information content (AvgIpc) is 2.79. The molecule has 2 aromatic rings. The van der Waals surface area contributed by atoms with E-state index >= 15 is 0 Å². The first-order valence-electron chi connectivity index (χ1n) is 10.6. The third-order valence-electron chi connectivity index (χ3n) is 4.91. The van der Waals surface area contributed by atoms with Crippen LogP contribution in [0.15, 0.2) is 53.5 Å². The highest BCUT2D eigenvalue weighted by Crippen LogP contribution is 2.14. The summed E-state index contributed by atoms with van der Waals surface area (Å²) < 4.78 is 18.4. The number of nitrogens with one attached hydrogen (secondary N) is 3. The Balaban J connectivity index is 0.00000363. The smallest absolute Gasteiger partial charge is 0.243 e. The van der Waals surface area contributed by atoms with Gasteiger partial charge in [-0.2, -0.15) is 0 Å².